The number of para-hydroxylation sites is 1. The molecule has 0 atom stereocenters. The highest BCUT2D eigenvalue weighted by atomic mass is 79.9. The van der Waals surface area contributed by atoms with Crippen LogP contribution in [0, 0.1) is 0 Å². The molecule has 0 aromatic heterocycles. The number of benzene rings is 4. The summed E-state index contributed by atoms with van der Waals surface area (Å²) in [5.41, 5.74) is 4.81. The molecule has 0 saturated heterocycles. The Kier molecular flexibility index (Phi) is 8.60. The number of nitrogens with one attached hydrogen (secondary N) is 2. The first-order valence-electron chi connectivity index (χ1n) is 11.0. The summed E-state index contributed by atoms with van der Waals surface area (Å²) in [6.45, 7) is 0.388. The maximum absolute atomic E-state index is 12.5. The van der Waals surface area contributed by atoms with Crippen molar-refractivity contribution in [2.75, 3.05) is 4.72 Å². The van der Waals surface area contributed by atoms with E-state index in [0.29, 0.717) is 34.2 Å². The Morgan fingerprint density at radius 3 is 2.30 bits per heavy atom. The lowest BCUT2D eigenvalue weighted by Crippen LogP contribution is -2.18. The quantitative estimate of drug-likeness (QED) is 0.176. The molecule has 4 aromatic carbocycles. The minimum Gasteiger partial charge on any atom is -0.488 e. The van der Waals surface area contributed by atoms with E-state index in [1.54, 1.807) is 0 Å². The average molecular weight is 599 g/mol. The van der Waals surface area contributed by atoms with Gasteiger partial charge in [-0.1, -0.05) is 51.8 Å². The maximum Gasteiger partial charge on any atom is 0.271 e. The molecule has 0 bridgehead atoms. The molecule has 1 amide bonds. The van der Waals surface area contributed by atoms with Crippen molar-refractivity contribution in [3.05, 3.63) is 123 Å². The van der Waals surface area contributed by atoms with Gasteiger partial charge in [0, 0.05) is 26.3 Å². The molecule has 0 heterocycles. The normalized spacial score (nSPS) is 11.3. The van der Waals surface area contributed by atoms with Crippen LogP contribution in [0.15, 0.2) is 112 Å². The van der Waals surface area contributed by atoms with Crippen molar-refractivity contribution in [1.82, 2.24) is 5.43 Å². The zero-order valence-electron chi connectivity index (χ0n) is 19.3. The molecule has 0 aliphatic carbocycles. The Balaban J connectivity index is 1.35. The number of amides is 1. The third kappa shape index (κ3) is 7.42. The second-order valence-electron chi connectivity index (χ2n) is 7.79. The topological polar surface area (TPSA) is 96.9 Å². The molecule has 0 aliphatic rings. The molecule has 0 saturated carbocycles. The van der Waals surface area contributed by atoms with Crippen LogP contribution in [0.5, 0.6) is 5.75 Å². The molecular formula is C27H21BrClN3O4S. The molecule has 0 spiro atoms. The monoisotopic (exact) mass is 597 g/mol. The van der Waals surface area contributed by atoms with Crippen LogP contribution in [-0.4, -0.2) is 20.5 Å². The smallest absolute Gasteiger partial charge is 0.271 e. The van der Waals surface area contributed by atoms with Crippen molar-refractivity contribution in [2.24, 2.45) is 5.10 Å². The molecule has 2 N–H and O–H groups in total. The van der Waals surface area contributed by atoms with Crippen LogP contribution in [0.4, 0.5) is 5.69 Å². The number of hydrazone groups is 1. The predicted molar refractivity (Wildman–Crippen MR) is 149 cm³/mol. The van der Waals surface area contributed by atoms with Crippen LogP contribution in [0.25, 0.3) is 0 Å². The van der Waals surface area contributed by atoms with Gasteiger partial charge in [-0.3, -0.25) is 9.52 Å². The van der Waals surface area contributed by atoms with Crippen LogP contribution in [0.2, 0.25) is 5.02 Å². The van der Waals surface area contributed by atoms with Crippen molar-refractivity contribution < 1.29 is 17.9 Å². The van der Waals surface area contributed by atoms with Gasteiger partial charge >= 0.3 is 0 Å². The van der Waals surface area contributed by atoms with Crippen LogP contribution in [0.1, 0.15) is 21.5 Å². The van der Waals surface area contributed by atoms with Gasteiger partial charge in [-0.05, 0) is 78.4 Å². The summed E-state index contributed by atoms with van der Waals surface area (Å²) in [4.78, 5) is 12.6. The zero-order chi connectivity index (χ0) is 26.3. The summed E-state index contributed by atoms with van der Waals surface area (Å²) in [6, 6.07) is 27.0. The Hall–Kier alpha value is -3.66. The van der Waals surface area contributed by atoms with Crippen LogP contribution < -0.4 is 14.9 Å². The number of nitrogens with zero attached hydrogens (tertiary/aromatic N) is 1. The van der Waals surface area contributed by atoms with Crippen molar-refractivity contribution in [1.29, 1.82) is 0 Å². The number of anilines is 1. The van der Waals surface area contributed by atoms with Gasteiger partial charge in [-0.25, -0.2) is 13.8 Å². The van der Waals surface area contributed by atoms with E-state index in [1.165, 1.54) is 54.7 Å². The lowest BCUT2D eigenvalue weighted by molar-refractivity contribution is 0.0955. The Morgan fingerprint density at radius 1 is 0.919 bits per heavy atom. The first kappa shape index (κ1) is 26.4. The molecule has 188 valence electrons. The van der Waals surface area contributed by atoms with Gasteiger partial charge in [0.15, 0.2) is 0 Å². The fourth-order valence-electron chi connectivity index (χ4n) is 3.20. The molecule has 37 heavy (non-hydrogen) atoms. The van der Waals surface area contributed by atoms with Gasteiger partial charge in [0.05, 0.1) is 11.1 Å². The highest BCUT2D eigenvalue weighted by Gasteiger charge is 2.14. The van der Waals surface area contributed by atoms with E-state index in [4.69, 9.17) is 16.3 Å². The van der Waals surface area contributed by atoms with Gasteiger partial charge < -0.3 is 4.74 Å². The number of hydrogen-bond acceptors (Lipinski definition) is 5. The Bertz CT molecular complexity index is 1510. The molecular weight excluding hydrogens is 578 g/mol. The first-order valence-corrected chi connectivity index (χ1v) is 13.6. The van der Waals surface area contributed by atoms with E-state index in [9.17, 15) is 13.2 Å². The Morgan fingerprint density at radius 2 is 1.59 bits per heavy atom. The highest BCUT2D eigenvalue weighted by Crippen LogP contribution is 2.20. The van der Waals surface area contributed by atoms with Crippen molar-refractivity contribution in [2.45, 2.75) is 11.5 Å². The molecule has 10 heteroatoms. The first-order chi connectivity index (χ1) is 17.8. The molecule has 0 radical (unpaired) electrons. The lowest BCUT2D eigenvalue weighted by atomic mass is 10.2. The summed E-state index contributed by atoms with van der Waals surface area (Å²) in [5, 5.41) is 4.48. The molecule has 0 fully saturated rings. The van der Waals surface area contributed by atoms with Gasteiger partial charge in [-0.15, -0.1) is 0 Å². The Labute approximate surface area is 228 Å². The van der Waals surface area contributed by atoms with Crippen molar-refractivity contribution >= 4 is 55.4 Å². The van der Waals surface area contributed by atoms with E-state index < -0.39 is 15.9 Å². The maximum atomic E-state index is 12.5. The average Bonchev–Trinajstić information content (AvgIpc) is 2.89. The number of sulfonamides is 1. The molecule has 4 rings (SSSR count). The third-order valence-corrected chi connectivity index (χ3v) is 7.30. The largest absolute Gasteiger partial charge is 0.488 e. The van der Waals surface area contributed by atoms with Gasteiger partial charge in [0.1, 0.15) is 12.4 Å². The second-order valence-corrected chi connectivity index (χ2v) is 10.8. The van der Waals surface area contributed by atoms with Crippen LogP contribution in [-0.2, 0) is 16.6 Å². The molecule has 4 aromatic rings. The summed E-state index contributed by atoms with van der Waals surface area (Å²) < 4.78 is 34.4. The number of carbonyl (C=O) groups is 1. The minimum absolute atomic E-state index is 0.0779. The number of rotatable bonds is 9. The van der Waals surface area contributed by atoms with E-state index >= 15 is 0 Å². The van der Waals surface area contributed by atoms with Gasteiger partial charge in [0.2, 0.25) is 0 Å². The van der Waals surface area contributed by atoms with E-state index in [2.05, 4.69) is 31.2 Å². The molecule has 0 unspecified atom stereocenters. The number of carbonyl (C=O) groups excluding carboxylic acids is 1. The molecule has 0 aliphatic heterocycles. The fraction of sp³-hybridized carbons (Fsp3) is 0.0370. The molecule has 7 nitrogen and oxygen atoms in total. The van der Waals surface area contributed by atoms with E-state index in [1.807, 2.05) is 48.5 Å². The van der Waals surface area contributed by atoms with E-state index in [0.717, 1.165) is 10.0 Å². The zero-order valence-corrected chi connectivity index (χ0v) is 22.4. The summed E-state index contributed by atoms with van der Waals surface area (Å²) in [7, 11) is -3.78. The second kappa shape index (κ2) is 12.1. The summed E-state index contributed by atoms with van der Waals surface area (Å²) in [5.74, 6) is 0.178. The summed E-state index contributed by atoms with van der Waals surface area (Å²) in [6.07, 6.45) is 1.50. The standard InChI is InChI=1S/C27H21BrClN3O4S/c28-22-9-5-19(6-10-22)18-36-26-4-2-1-3-21(26)17-30-31-27(33)20-7-13-24(14-8-20)32-37(34,35)25-15-11-23(29)12-16-25/h1-17,32H,18H2,(H,31,33)/b30-17-. The number of hydrogen-bond donors (Lipinski definition) is 2. The lowest BCUT2D eigenvalue weighted by Gasteiger charge is -2.09. The highest BCUT2D eigenvalue weighted by molar-refractivity contribution is 9.10. The predicted octanol–water partition coefficient (Wildman–Crippen LogP) is 6.25. The van der Waals surface area contributed by atoms with Crippen molar-refractivity contribution in [3.8, 4) is 5.75 Å². The van der Waals surface area contributed by atoms with Crippen LogP contribution >= 0.6 is 27.5 Å². The summed E-state index contributed by atoms with van der Waals surface area (Å²) >= 11 is 9.23. The minimum atomic E-state index is -3.78. The van der Waals surface area contributed by atoms with E-state index in [-0.39, 0.29) is 4.90 Å². The van der Waals surface area contributed by atoms with Crippen molar-refractivity contribution in [3.63, 3.8) is 0 Å². The van der Waals surface area contributed by atoms with Gasteiger partial charge in [-0.2, -0.15) is 5.10 Å². The SMILES string of the molecule is O=C(N/N=C\c1ccccc1OCc1ccc(Br)cc1)c1ccc(NS(=O)(=O)c2ccc(Cl)cc2)cc1. The third-order valence-electron chi connectivity index (χ3n) is 5.12. The van der Waals surface area contributed by atoms with Crippen LogP contribution in [0.3, 0.4) is 0 Å². The number of ether oxygens (including phenoxy) is 1. The number of halogens is 2. The van der Waals surface area contributed by atoms with Gasteiger partial charge in [0.25, 0.3) is 15.9 Å². The fourth-order valence-corrected chi connectivity index (χ4v) is 4.65.